The molecule has 3 rings (SSSR count). The SMILES string of the molecule is N/C(=N/O)c1cc(N2CCC3CCCCC32)ccn1. The van der Waals surface area contributed by atoms with Crippen LogP contribution in [0.4, 0.5) is 5.69 Å². The third-order valence-corrected chi connectivity index (χ3v) is 4.46. The molecule has 5 nitrogen and oxygen atoms in total. The molecule has 1 aromatic heterocycles. The third kappa shape index (κ3) is 2.25. The smallest absolute Gasteiger partial charge is 0.188 e. The van der Waals surface area contributed by atoms with Gasteiger partial charge in [0.1, 0.15) is 5.69 Å². The number of rotatable bonds is 2. The molecular formula is C14H20N4O. The summed E-state index contributed by atoms with van der Waals surface area (Å²) in [5.74, 6) is 0.912. The first-order valence-corrected chi connectivity index (χ1v) is 7.00. The number of hydrogen-bond donors (Lipinski definition) is 2. The second kappa shape index (κ2) is 5.07. The fourth-order valence-electron chi connectivity index (χ4n) is 3.52. The number of pyridine rings is 1. The number of fused-ring (bicyclic) bond motifs is 1. The zero-order valence-corrected chi connectivity index (χ0v) is 11.0. The minimum Gasteiger partial charge on any atom is -0.409 e. The van der Waals surface area contributed by atoms with Gasteiger partial charge in [0, 0.05) is 24.5 Å². The molecule has 19 heavy (non-hydrogen) atoms. The molecule has 102 valence electrons. The zero-order valence-electron chi connectivity index (χ0n) is 11.0. The summed E-state index contributed by atoms with van der Waals surface area (Å²) in [6.45, 7) is 1.11. The van der Waals surface area contributed by atoms with Crippen LogP contribution < -0.4 is 10.6 Å². The van der Waals surface area contributed by atoms with Crippen LogP contribution in [-0.2, 0) is 0 Å². The zero-order chi connectivity index (χ0) is 13.2. The fourth-order valence-corrected chi connectivity index (χ4v) is 3.52. The number of oxime groups is 1. The maximum absolute atomic E-state index is 8.74. The summed E-state index contributed by atoms with van der Waals surface area (Å²) in [6, 6.07) is 4.60. The van der Waals surface area contributed by atoms with Gasteiger partial charge < -0.3 is 15.8 Å². The standard InChI is InChI=1S/C14H20N4O/c15-14(17-19)12-9-11(5-7-16-12)18-8-6-10-3-1-2-4-13(10)18/h5,7,9-10,13,19H,1-4,6,8H2,(H2,15,17). The number of hydrogen-bond acceptors (Lipinski definition) is 4. The van der Waals surface area contributed by atoms with E-state index >= 15 is 0 Å². The van der Waals surface area contributed by atoms with Crippen molar-refractivity contribution >= 4 is 11.5 Å². The number of aromatic nitrogens is 1. The first kappa shape index (κ1) is 12.3. The van der Waals surface area contributed by atoms with Gasteiger partial charge in [-0.25, -0.2) is 0 Å². The molecule has 1 aliphatic heterocycles. The average Bonchev–Trinajstić information content (AvgIpc) is 2.90. The van der Waals surface area contributed by atoms with E-state index in [1.54, 1.807) is 6.20 Å². The van der Waals surface area contributed by atoms with Crippen LogP contribution >= 0.6 is 0 Å². The molecule has 2 fully saturated rings. The van der Waals surface area contributed by atoms with Gasteiger partial charge in [-0.3, -0.25) is 4.98 Å². The molecular weight excluding hydrogens is 240 g/mol. The molecule has 0 radical (unpaired) electrons. The molecule has 2 atom stereocenters. The Morgan fingerprint density at radius 1 is 1.37 bits per heavy atom. The summed E-state index contributed by atoms with van der Waals surface area (Å²) < 4.78 is 0. The van der Waals surface area contributed by atoms with Crippen molar-refractivity contribution in [3.8, 4) is 0 Å². The number of nitrogens with two attached hydrogens (primary N) is 1. The lowest BCUT2D eigenvalue weighted by molar-refractivity contribution is 0.318. The van der Waals surface area contributed by atoms with Gasteiger partial charge in [0.15, 0.2) is 5.84 Å². The minimum atomic E-state index is 0.0706. The summed E-state index contributed by atoms with van der Waals surface area (Å²) in [4.78, 5) is 6.62. The van der Waals surface area contributed by atoms with Crippen LogP contribution in [0.25, 0.3) is 0 Å². The molecule has 2 unspecified atom stereocenters. The summed E-state index contributed by atoms with van der Waals surface area (Å²) >= 11 is 0. The lowest BCUT2D eigenvalue weighted by atomic mass is 9.85. The molecule has 0 spiro atoms. The first-order valence-electron chi connectivity index (χ1n) is 7.00. The highest BCUT2D eigenvalue weighted by Crippen LogP contribution is 2.38. The highest BCUT2D eigenvalue weighted by Gasteiger charge is 2.35. The molecule has 2 aliphatic rings. The lowest BCUT2D eigenvalue weighted by Crippen LogP contribution is -2.34. The Morgan fingerprint density at radius 2 is 2.21 bits per heavy atom. The predicted molar refractivity (Wildman–Crippen MR) is 74.5 cm³/mol. The van der Waals surface area contributed by atoms with Crippen molar-refractivity contribution < 1.29 is 5.21 Å². The van der Waals surface area contributed by atoms with Crippen LogP contribution in [0.5, 0.6) is 0 Å². The van der Waals surface area contributed by atoms with Gasteiger partial charge >= 0.3 is 0 Å². The largest absolute Gasteiger partial charge is 0.409 e. The Hall–Kier alpha value is -1.78. The molecule has 0 aromatic carbocycles. The molecule has 2 heterocycles. The van der Waals surface area contributed by atoms with Crippen LogP contribution in [-0.4, -0.2) is 28.6 Å². The van der Waals surface area contributed by atoms with Crippen molar-refractivity contribution in [1.82, 2.24) is 4.98 Å². The number of anilines is 1. The molecule has 0 amide bonds. The summed E-state index contributed by atoms with van der Waals surface area (Å²) in [5, 5.41) is 11.8. The fraction of sp³-hybridized carbons (Fsp3) is 0.571. The summed E-state index contributed by atoms with van der Waals surface area (Å²) in [7, 11) is 0. The predicted octanol–water partition coefficient (Wildman–Crippen LogP) is 1.94. The van der Waals surface area contributed by atoms with E-state index in [2.05, 4.69) is 15.0 Å². The van der Waals surface area contributed by atoms with Crippen LogP contribution in [0.1, 0.15) is 37.8 Å². The van der Waals surface area contributed by atoms with Crippen molar-refractivity contribution in [2.45, 2.75) is 38.1 Å². The van der Waals surface area contributed by atoms with Gasteiger partial charge in [-0.05, 0) is 37.3 Å². The Morgan fingerprint density at radius 3 is 3.05 bits per heavy atom. The van der Waals surface area contributed by atoms with E-state index in [4.69, 9.17) is 10.9 Å². The molecule has 5 heteroatoms. The molecule has 1 saturated heterocycles. The van der Waals surface area contributed by atoms with Gasteiger partial charge in [-0.15, -0.1) is 0 Å². The quantitative estimate of drug-likeness (QED) is 0.369. The molecule has 1 saturated carbocycles. The Kier molecular flexibility index (Phi) is 3.27. The normalized spacial score (nSPS) is 27.4. The van der Waals surface area contributed by atoms with Gasteiger partial charge in [0.25, 0.3) is 0 Å². The Bertz CT molecular complexity index is 488. The van der Waals surface area contributed by atoms with Crippen molar-refractivity contribution in [2.24, 2.45) is 16.8 Å². The van der Waals surface area contributed by atoms with E-state index in [0.717, 1.165) is 18.2 Å². The lowest BCUT2D eigenvalue weighted by Gasteiger charge is -2.33. The maximum Gasteiger partial charge on any atom is 0.188 e. The van der Waals surface area contributed by atoms with Crippen LogP contribution in [0.2, 0.25) is 0 Å². The minimum absolute atomic E-state index is 0.0706. The molecule has 3 N–H and O–H groups in total. The Labute approximate surface area is 113 Å². The van der Waals surface area contributed by atoms with Crippen molar-refractivity contribution in [1.29, 1.82) is 0 Å². The Balaban J connectivity index is 1.86. The van der Waals surface area contributed by atoms with E-state index in [1.165, 1.54) is 32.1 Å². The van der Waals surface area contributed by atoms with E-state index in [9.17, 15) is 0 Å². The third-order valence-electron chi connectivity index (χ3n) is 4.46. The van der Waals surface area contributed by atoms with Gasteiger partial charge in [-0.2, -0.15) is 0 Å². The van der Waals surface area contributed by atoms with Crippen molar-refractivity contribution in [2.75, 3.05) is 11.4 Å². The topological polar surface area (TPSA) is 74.7 Å². The molecule has 0 bridgehead atoms. The maximum atomic E-state index is 8.74. The highest BCUT2D eigenvalue weighted by molar-refractivity contribution is 5.95. The van der Waals surface area contributed by atoms with E-state index < -0.39 is 0 Å². The van der Waals surface area contributed by atoms with Crippen LogP contribution in [0.15, 0.2) is 23.5 Å². The second-order valence-electron chi connectivity index (χ2n) is 5.48. The number of amidine groups is 1. The molecule has 1 aromatic rings. The van der Waals surface area contributed by atoms with Gasteiger partial charge in [-0.1, -0.05) is 18.0 Å². The van der Waals surface area contributed by atoms with Crippen molar-refractivity contribution in [3.63, 3.8) is 0 Å². The van der Waals surface area contributed by atoms with E-state index in [0.29, 0.717) is 11.7 Å². The van der Waals surface area contributed by atoms with Gasteiger partial charge in [0.05, 0.1) is 0 Å². The van der Waals surface area contributed by atoms with E-state index in [-0.39, 0.29) is 5.84 Å². The first-order chi connectivity index (χ1) is 9.29. The second-order valence-corrected chi connectivity index (χ2v) is 5.48. The van der Waals surface area contributed by atoms with E-state index in [1.807, 2.05) is 12.1 Å². The van der Waals surface area contributed by atoms with Gasteiger partial charge in [0.2, 0.25) is 0 Å². The number of nitrogens with zero attached hydrogens (tertiary/aromatic N) is 3. The van der Waals surface area contributed by atoms with Crippen molar-refractivity contribution in [3.05, 3.63) is 24.0 Å². The van der Waals surface area contributed by atoms with Crippen LogP contribution in [0, 0.1) is 5.92 Å². The van der Waals surface area contributed by atoms with Crippen LogP contribution in [0.3, 0.4) is 0 Å². The average molecular weight is 260 g/mol. The monoisotopic (exact) mass is 260 g/mol. The highest BCUT2D eigenvalue weighted by atomic mass is 16.4. The summed E-state index contributed by atoms with van der Waals surface area (Å²) in [6.07, 6.45) is 8.37. The molecule has 1 aliphatic carbocycles. The summed E-state index contributed by atoms with van der Waals surface area (Å²) in [5.41, 5.74) is 7.30.